The molecule has 0 radical (unpaired) electrons. The van der Waals surface area contributed by atoms with Gasteiger partial charge in [-0.2, -0.15) is 0 Å². The number of rotatable bonds is 11. The monoisotopic (exact) mass is 344 g/mol. The molecular formula is C18H27Cl2P. The maximum atomic E-state index is 5.89. The zero-order chi connectivity index (χ0) is 15.3. The van der Waals surface area contributed by atoms with Gasteiger partial charge in [0.1, 0.15) is 6.63 Å². The molecule has 0 aromatic heterocycles. The Hall–Kier alpha value is -0.0300. The van der Waals surface area contributed by atoms with Gasteiger partial charge in [0, 0.05) is 5.30 Å². The third-order valence-corrected chi connectivity index (χ3v) is 5.49. The van der Waals surface area contributed by atoms with E-state index < -0.39 is 6.63 Å². The van der Waals surface area contributed by atoms with E-state index in [2.05, 4.69) is 31.2 Å². The summed E-state index contributed by atoms with van der Waals surface area (Å²) in [4.78, 5) is 0. The smallest absolute Gasteiger partial charge is 0.0882 e. The molecule has 0 spiro atoms. The standard InChI is InChI=1S/C18H27Cl2P/c1-2-3-4-5-6-7-8-9-10-11-12-17-13-15-18(16-14-17)21(19)20/h10-11,13-16H,2-9,12H2,1H3. The Kier molecular flexibility index (Phi) is 11.3. The van der Waals surface area contributed by atoms with Gasteiger partial charge in [-0.05, 0) is 24.8 Å². The van der Waals surface area contributed by atoms with Gasteiger partial charge in [0.2, 0.25) is 0 Å². The van der Waals surface area contributed by atoms with Crippen molar-refractivity contribution in [3.8, 4) is 0 Å². The minimum Gasteiger partial charge on any atom is -0.0882 e. The van der Waals surface area contributed by atoms with Crippen LogP contribution in [0.4, 0.5) is 0 Å². The van der Waals surface area contributed by atoms with Gasteiger partial charge < -0.3 is 0 Å². The summed E-state index contributed by atoms with van der Waals surface area (Å²) in [7, 11) is 0. The summed E-state index contributed by atoms with van der Waals surface area (Å²) < 4.78 is 0. The summed E-state index contributed by atoms with van der Waals surface area (Å²) in [5.74, 6) is 0. The highest BCUT2D eigenvalue weighted by Crippen LogP contribution is 2.45. The number of unbranched alkanes of at least 4 members (excludes halogenated alkanes) is 7. The molecule has 118 valence electrons. The zero-order valence-corrected chi connectivity index (χ0v) is 15.4. The first-order chi connectivity index (χ1) is 10.2. The van der Waals surface area contributed by atoms with E-state index in [0.29, 0.717) is 0 Å². The summed E-state index contributed by atoms with van der Waals surface area (Å²) in [6.07, 6.45) is 16.4. The van der Waals surface area contributed by atoms with E-state index in [1.54, 1.807) is 0 Å². The molecular weight excluding hydrogens is 318 g/mol. The molecule has 0 bridgehead atoms. The van der Waals surface area contributed by atoms with Crippen LogP contribution >= 0.6 is 29.1 Å². The predicted molar refractivity (Wildman–Crippen MR) is 100 cm³/mol. The predicted octanol–water partition coefficient (Wildman–Crippen LogP) is 7.34. The largest absolute Gasteiger partial charge is 0.116 e. The van der Waals surface area contributed by atoms with Crippen LogP contribution in [0.2, 0.25) is 0 Å². The minimum atomic E-state index is -1.01. The first kappa shape index (κ1) is 19.0. The highest BCUT2D eigenvalue weighted by Gasteiger charge is 2.02. The first-order valence-electron chi connectivity index (χ1n) is 8.09. The van der Waals surface area contributed by atoms with Crippen LogP contribution < -0.4 is 5.30 Å². The van der Waals surface area contributed by atoms with Crippen molar-refractivity contribution in [2.45, 2.75) is 64.7 Å². The molecule has 0 unspecified atom stereocenters. The van der Waals surface area contributed by atoms with Crippen LogP contribution in [-0.4, -0.2) is 0 Å². The molecule has 0 aliphatic heterocycles. The van der Waals surface area contributed by atoms with E-state index in [1.165, 1.54) is 56.9 Å². The molecule has 0 nitrogen and oxygen atoms in total. The van der Waals surface area contributed by atoms with Gasteiger partial charge in [0.25, 0.3) is 0 Å². The lowest BCUT2D eigenvalue weighted by Crippen LogP contribution is -1.94. The molecule has 0 fully saturated rings. The molecule has 0 heterocycles. The lowest BCUT2D eigenvalue weighted by atomic mass is 10.1. The van der Waals surface area contributed by atoms with Crippen LogP contribution in [-0.2, 0) is 6.42 Å². The Morgan fingerprint density at radius 3 is 2.10 bits per heavy atom. The van der Waals surface area contributed by atoms with Crippen LogP contribution in [0.25, 0.3) is 0 Å². The Balaban J connectivity index is 2.06. The van der Waals surface area contributed by atoms with Crippen molar-refractivity contribution in [1.29, 1.82) is 0 Å². The average molecular weight is 345 g/mol. The molecule has 3 heteroatoms. The normalized spacial score (nSPS) is 11.6. The molecule has 0 saturated carbocycles. The van der Waals surface area contributed by atoms with Gasteiger partial charge in [-0.3, -0.25) is 0 Å². The van der Waals surface area contributed by atoms with Crippen LogP contribution in [0.3, 0.4) is 0 Å². The third kappa shape index (κ3) is 9.56. The highest BCUT2D eigenvalue weighted by molar-refractivity contribution is 8.08. The van der Waals surface area contributed by atoms with Crippen molar-refractivity contribution in [2.75, 3.05) is 0 Å². The van der Waals surface area contributed by atoms with Crippen LogP contribution in [0, 0.1) is 0 Å². The maximum absolute atomic E-state index is 5.89. The molecule has 0 amide bonds. The van der Waals surface area contributed by atoms with E-state index in [1.807, 2.05) is 12.1 Å². The average Bonchev–Trinajstić information content (AvgIpc) is 2.49. The Morgan fingerprint density at radius 1 is 0.857 bits per heavy atom. The van der Waals surface area contributed by atoms with E-state index in [4.69, 9.17) is 22.5 Å². The van der Waals surface area contributed by atoms with Gasteiger partial charge in [-0.15, -0.1) is 0 Å². The van der Waals surface area contributed by atoms with Gasteiger partial charge in [0.05, 0.1) is 0 Å². The van der Waals surface area contributed by atoms with Crippen molar-refractivity contribution in [3.05, 3.63) is 42.0 Å². The maximum Gasteiger partial charge on any atom is 0.116 e. The molecule has 1 aromatic rings. The number of hydrogen-bond acceptors (Lipinski definition) is 0. The fourth-order valence-corrected chi connectivity index (χ4v) is 3.35. The molecule has 0 aliphatic carbocycles. The summed E-state index contributed by atoms with van der Waals surface area (Å²) in [5.41, 5.74) is 1.32. The molecule has 1 aromatic carbocycles. The van der Waals surface area contributed by atoms with Crippen molar-refractivity contribution < 1.29 is 0 Å². The van der Waals surface area contributed by atoms with Crippen molar-refractivity contribution >= 4 is 34.4 Å². The van der Waals surface area contributed by atoms with E-state index in [-0.39, 0.29) is 0 Å². The topological polar surface area (TPSA) is 0 Å². The van der Waals surface area contributed by atoms with Crippen molar-refractivity contribution in [3.63, 3.8) is 0 Å². The molecule has 0 atom stereocenters. The Morgan fingerprint density at radius 2 is 1.48 bits per heavy atom. The third-order valence-electron chi connectivity index (χ3n) is 3.63. The second kappa shape index (κ2) is 12.5. The van der Waals surface area contributed by atoms with Crippen molar-refractivity contribution in [1.82, 2.24) is 0 Å². The number of benzene rings is 1. The van der Waals surface area contributed by atoms with Crippen molar-refractivity contribution in [2.24, 2.45) is 0 Å². The quantitative estimate of drug-likeness (QED) is 0.224. The second-order valence-electron chi connectivity index (χ2n) is 5.48. The number of hydrogen-bond donors (Lipinski definition) is 0. The molecule has 1 rings (SSSR count). The molecule has 21 heavy (non-hydrogen) atoms. The second-order valence-corrected chi connectivity index (χ2v) is 9.01. The highest BCUT2D eigenvalue weighted by atomic mass is 35.9. The minimum absolute atomic E-state index is 0.999. The SMILES string of the molecule is CCCCCCCCCC=CCc1ccc(P(Cl)Cl)cc1. The van der Waals surface area contributed by atoms with Crippen LogP contribution in [0.15, 0.2) is 36.4 Å². The summed E-state index contributed by atoms with van der Waals surface area (Å²) >= 11 is 11.8. The van der Waals surface area contributed by atoms with E-state index in [9.17, 15) is 0 Å². The first-order valence-corrected chi connectivity index (χ1v) is 11.2. The molecule has 0 aliphatic rings. The Bertz CT molecular complexity index is 385. The summed E-state index contributed by atoms with van der Waals surface area (Å²) in [6, 6.07) is 8.30. The Labute approximate surface area is 141 Å². The molecule has 0 N–H and O–H groups in total. The van der Waals surface area contributed by atoms with Crippen LogP contribution in [0.1, 0.15) is 63.9 Å². The summed E-state index contributed by atoms with van der Waals surface area (Å²) in [5, 5.41) is 1.03. The fourth-order valence-electron chi connectivity index (χ4n) is 2.30. The van der Waals surface area contributed by atoms with E-state index in [0.717, 1.165) is 11.7 Å². The van der Waals surface area contributed by atoms with Gasteiger partial charge in [0.15, 0.2) is 0 Å². The summed E-state index contributed by atoms with van der Waals surface area (Å²) in [6.45, 7) is 1.26. The number of allylic oxidation sites excluding steroid dienone is 2. The van der Waals surface area contributed by atoms with Gasteiger partial charge in [-0.25, -0.2) is 0 Å². The lowest BCUT2D eigenvalue weighted by molar-refractivity contribution is 0.592. The lowest BCUT2D eigenvalue weighted by Gasteiger charge is -2.02. The number of halogens is 2. The molecule has 0 saturated heterocycles. The van der Waals surface area contributed by atoms with Gasteiger partial charge in [-0.1, -0.05) is 104 Å². The van der Waals surface area contributed by atoms with Gasteiger partial charge >= 0.3 is 0 Å². The van der Waals surface area contributed by atoms with Crippen LogP contribution in [0.5, 0.6) is 0 Å². The fraction of sp³-hybridized carbons (Fsp3) is 0.556. The van der Waals surface area contributed by atoms with E-state index >= 15 is 0 Å². The zero-order valence-electron chi connectivity index (χ0n) is 13.0.